The van der Waals surface area contributed by atoms with Gasteiger partial charge >= 0.3 is 0 Å². The molecular formula is C25H31N3O3. The second-order valence-corrected chi connectivity index (χ2v) is 10.1. The number of rotatable bonds is 3. The number of likely N-dealkylation sites (tertiary alicyclic amines) is 1. The Labute approximate surface area is 183 Å². The van der Waals surface area contributed by atoms with E-state index in [9.17, 15) is 9.90 Å². The van der Waals surface area contributed by atoms with Gasteiger partial charge in [-0.25, -0.2) is 0 Å². The lowest BCUT2D eigenvalue weighted by atomic mass is 9.77. The maximum atomic E-state index is 13.4. The summed E-state index contributed by atoms with van der Waals surface area (Å²) < 4.78 is 5.47. The summed E-state index contributed by atoms with van der Waals surface area (Å²) in [6.45, 7) is 5.42. The van der Waals surface area contributed by atoms with Gasteiger partial charge in [-0.3, -0.25) is 14.7 Å². The first kappa shape index (κ1) is 19.6. The number of hydrogen-bond donors (Lipinski definition) is 1. The van der Waals surface area contributed by atoms with Gasteiger partial charge in [0, 0.05) is 41.2 Å². The van der Waals surface area contributed by atoms with Crippen LogP contribution in [-0.2, 0) is 17.8 Å². The van der Waals surface area contributed by atoms with Crippen molar-refractivity contribution < 1.29 is 14.6 Å². The van der Waals surface area contributed by atoms with Crippen molar-refractivity contribution in [2.24, 2.45) is 5.41 Å². The van der Waals surface area contributed by atoms with E-state index < -0.39 is 6.10 Å². The van der Waals surface area contributed by atoms with Gasteiger partial charge in [0.25, 0.3) is 5.91 Å². The van der Waals surface area contributed by atoms with Gasteiger partial charge in [-0.2, -0.15) is 0 Å². The largest absolute Gasteiger partial charge is 0.391 e. The number of carbonyl (C=O) groups is 1. The lowest BCUT2D eigenvalue weighted by molar-refractivity contribution is -0.140. The number of aromatic nitrogens is 1. The van der Waals surface area contributed by atoms with E-state index in [0.717, 1.165) is 80.6 Å². The molecule has 1 spiro atoms. The average Bonchev–Trinajstić information content (AvgIpc) is 3.10. The molecule has 2 saturated heterocycles. The number of carbonyl (C=O) groups excluding carboxylic acids is 1. The van der Waals surface area contributed by atoms with Crippen LogP contribution in [0.2, 0.25) is 0 Å². The fraction of sp³-hybridized carbons (Fsp3) is 0.600. The molecule has 2 atom stereocenters. The number of nitrogens with zero attached hydrogens (tertiary/aromatic N) is 3. The van der Waals surface area contributed by atoms with Gasteiger partial charge in [-0.05, 0) is 56.5 Å². The van der Waals surface area contributed by atoms with Crippen LogP contribution >= 0.6 is 0 Å². The summed E-state index contributed by atoms with van der Waals surface area (Å²) >= 11 is 0. The molecule has 4 heterocycles. The first-order valence-electron chi connectivity index (χ1n) is 11.8. The number of benzene rings is 1. The van der Waals surface area contributed by atoms with Crippen LogP contribution in [0, 0.1) is 5.41 Å². The summed E-state index contributed by atoms with van der Waals surface area (Å²) in [5.74, 6) is 0.0685. The molecule has 1 saturated carbocycles. The van der Waals surface area contributed by atoms with Gasteiger partial charge in [0.2, 0.25) is 0 Å². The second kappa shape index (κ2) is 7.54. The molecule has 0 bridgehead atoms. The van der Waals surface area contributed by atoms with E-state index in [1.165, 1.54) is 18.4 Å². The van der Waals surface area contributed by atoms with E-state index in [1.807, 2.05) is 17.2 Å². The van der Waals surface area contributed by atoms with Crippen molar-refractivity contribution in [3.05, 3.63) is 41.1 Å². The van der Waals surface area contributed by atoms with Crippen LogP contribution in [0.4, 0.5) is 0 Å². The first-order chi connectivity index (χ1) is 15.1. The Morgan fingerprint density at radius 2 is 2.00 bits per heavy atom. The van der Waals surface area contributed by atoms with Gasteiger partial charge in [-0.1, -0.05) is 18.9 Å². The molecule has 4 aliphatic rings. The maximum absolute atomic E-state index is 13.4. The fourth-order valence-corrected chi connectivity index (χ4v) is 6.08. The predicted molar refractivity (Wildman–Crippen MR) is 118 cm³/mol. The molecule has 1 N–H and O–H groups in total. The van der Waals surface area contributed by atoms with E-state index in [4.69, 9.17) is 9.72 Å². The third-order valence-electron chi connectivity index (χ3n) is 8.12. The summed E-state index contributed by atoms with van der Waals surface area (Å²) in [6.07, 6.45) is 7.60. The Hall–Kier alpha value is -2.02. The molecule has 1 amide bonds. The summed E-state index contributed by atoms with van der Waals surface area (Å²) in [7, 11) is 0. The zero-order valence-corrected chi connectivity index (χ0v) is 18.1. The lowest BCUT2D eigenvalue weighted by Gasteiger charge is -2.47. The van der Waals surface area contributed by atoms with Crippen LogP contribution in [0.25, 0.3) is 10.9 Å². The highest BCUT2D eigenvalue weighted by Gasteiger charge is 2.42. The van der Waals surface area contributed by atoms with Gasteiger partial charge in [0.15, 0.2) is 0 Å². The molecule has 3 aliphatic heterocycles. The standard InChI is InChI=1S/C25H31N3O3/c29-22-6-2-1-5-21(22)28-14-20-19(24(28)30)12-17(18-4-3-9-26-23(18)20)13-27-10-7-25(8-11-27)15-31-16-25/h3-4,9,12,21-22,29H,1-2,5-8,10-11,13-16H2. The van der Waals surface area contributed by atoms with Crippen LogP contribution in [0.5, 0.6) is 0 Å². The van der Waals surface area contributed by atoms with Crippen LogP contribution in [0.3, 0.4) is 0 Å². The van der Waals surface area contributed by atoms with E-state index >= 15 is 0 Å². The maximum Gasteiger partial charge on any atom is 0.254 e. The Kier molecular flexibility index (Phi) is 4.78. The van der Waals surface area contributed by atoms with Crippen molar-refractivity contribution in [3.8, 4) is 0 Å². The molecule has 6 rings (SSSR count). The molecule has 2 unspecified atom stereocenters. The second-order valence-electron chi connectivity index (χ2n) is 10.1. The van der Waals surface area contributed by atoms with E-state index in [2.05, 4.69) is 17.0 Å². The van der Waals surface area contributed by atoms with Gasteiger partial charge < -0.3 is 14.7 Å². The summed E-state index contributed by atoms with van der Waals surface area (Å²) in [6, 6.07) is 6.19. The Bertz CT molecular complexity index is 1010. The summed E-state index contributed by atoms with van der Waals surface area (Å²) in [4.78, 5) is 22.6. The highest BCUT2D eigenvalue weighted by Crippen LogP contribution is 2.40. The Morgan fingerprint density at radius 1 is 1.19 bits per heavy atom. The number of pyridine rings is 1. The minimum absolute atomic E-state index is 0.0685. The van der Waals surface area contributed by atoms with E-state index in [0.29, 0.717) is 12.0 Å². The monoisotopic (exact) mass is 421 g/mol. The lowest BCUT2D eigenvalue weighted by Crippen LogP contribution is -2.50. The zero-order valence-electron chi connectivity index (χ0n) is 18.1. The van der Waals surface area contributed by atoms with Crippen LogP contribution in [0.15, 0.2) is 24.4 Å². The molecule has 6 heteroatoms. The van der Waals surface area contributed by atoms with Crippen molar-refractivity contribution in [2.45, 2.75) is 63.8 Å². The molecule has 1 aromatic heterocycles. The molecular weight excluding hydrogens is 390 g/mol. The number of hydrogen-bond acceptors (Lipinski definition) is 5. The van der Waals surface area contributed by atoms with Crippen molar-refractivity contribution in [1.29, 1.82) is 0 Å². The predicted octanol–water partition coefficient (Wildman–Crippen LogP) is 3.11. The molecule has 164 valence electrons. The van der Waals surface area contributed by atoms with Crippen molar-refractivity contribution in [1.82, 2.24) is 14.8 Å². The van der Waals surface area contributed by atoms with Gasteiger partial charge in [0.1, 0.15) is 0 Å². The van der Waals surface area contributed by atoms with Gasteiger partial charge in [0.05, 0.1) is 30.9 Å². The Balaban J connectivity index is 1.30. The highest BCUT2D eigenvalue weighted by molar-refractivity contribution is 6.04. The zero-order chi connectivity index (χ0) is 21.0. The number of aliphatic hydroxyl groups is 1. The SMILES string of the molecule is O=C1c2cc(CN3CCC4(CC3)COC4)c3cccnc3c2CN1C1CCCCC1O. The minimum atomic E-state index is -0.415. The molecule has 1 aliphatic carbocycles. The summed E-state index contributed by atoms with van der Waals surface area (Å²) in [5, 5.41) is 11.7. The van der Waals surface area contributed by atoms with Crippen molar-refractivity contribution in [2.75, 3.05) is 26.3 Å². The summed E-state index contributed by atoms with van der Waals surface area (Å²) in [5.41, 5.74) is 4.40. The van der Waals surface area contributed by atoms with Crippen molar-refractivity contribution in [3.63, 3.8) is 0 Å². The molecule has 6 nitrogen and oxygen atoms in total. The highest BCUT2D eigenvalue weighted by atomic mass is 16.5. The minimum Gasteiger partial charge on any atom is -0.391 e. The Morgan fingerprint density at radius 3 is 2.74 bits per heavy atom. The normalized spacial score (nSPS) is 28.2. The smallest absolute Gasteiger partial charge is 0.254 e. The third-order valence-corrected chi connectivity index (χ3v) is 8.12. The quantitative estimate of drug-likeness (QED) is 0.825. The van der Waals surface area contributed by atoms with Gasteiger partial charge in [-0.15, -0.1) is 0 Å². The number of amides is 1. The third kappa shape index (κ3) is 3.27. The molecule has 31 heavy (non-hydrogen) atoms. The molecule has 3 fully saturated rings. The number of piperidine rings is 1. The number of aliphatic hydroxyl groups excluding tert-OH is 1. The molecule has 0 radical (unpaired) electrons. The number of fused-ring (bicyclic) bond motifs is 3. The first-order valence-corrected chi connectivity index (χ1v) is 11.8. The van der Waals surface area contributed by atoms with Crippen LogP contribution in [-0.4, -0.2) is 64.2 Å². The topological polar surface area (TPSA) is 65.9 Å². The van der Waals surface area contributed by atoms with Crippen molar-refractivity contribution >= 4 is 16.8 Å². The average molecular weight is 422 g/mol. The van der Waals surface area contributed by atoms with Crippen LogP contribution < -0.4 is 0 Å². The number of ether oxygens (including phenoxy) is 1. The van der Waals surface area contributed by atoms with E-state index in [-0.39, 0.29) is 11.9 Å². The van der Waals surface area contributed by atoms with E-state index in [1.54, 1.807) is 0 Å². The van der Waals surface area contributed by atoms with Crippen LogP contribution in [0.1, 0.15) is 60.0 Å². The molecule has 2 aromatic rings. The molecule has 1 aromatic carbocycles. The fourth-order valence-electron chi connectivity index (χ4n) is 6.08.